The number of hydrogen-bond acceptors (Lipinski definition) is 5. The molecule has 4 aromatic rings. The van der Waals surface area contributed by atoms with E-state index in [1.807, 2.05) is 37.3 Å². The van der Waals surface area contributed by atoms with Crippen LogP contribution in [0, 0.1) is 6.92 Å². The van der Waals surface area contributed by atoms with Crippen LogP contribution in [0.25, 0.3) is 10.9 Å². The first-order valence-electron chi connectivity index (χ1n) is 8.88. The van der Waals surface area contributed by atoms with E-state index in [1.54, 1.807) is 42.5 Å². The van der Waals surface area contributed by atoms with Gasteiger partial charge in [0.2, 0.25) is 5.95 Å². The van der Waals surface area contributed by atoms with E-state index in [4.69, 9.17) is 11.6 Å². The molecule has 3 aromatic carbocycles. The molecule has 0 unspecified atom stereocenters. The van der Waals surface area contributed by atoms with Gasteiger partial charge in [-0.25, -0.2) is 4.98 Å². The van der Waals surface area contributed by atoms with Crippen molar-refractivity contribution in [1.29, 1.82) is 0 Å². The van der Waals surface area contributed by atoms with E-state index in [2.05, 4.69) is 26.4 Å². The highest BCUT2D eigenvalue weighted by Gasteiger charge is 2.10. The summed E-state index contributed by atoms with van der Waals surface area (Å²) < 4.78 is 1.15. The number of aromatic nitrogens is 2. The summed E-state index contributed by atoms with van der Waals surface area (Å²) in [6.07, 6.45) is 0. The molecule has 0 bridgehead atoms. The number of nitrogens with one attached hydrogen (secondary N) is 1. The minimum Gasteiger partial charge on any atom is -0.324 e. The van der Waals surface area contributed by atoms with Gasteiger partial charge in [-0.15, -0.1) is 0 Å². The second kappa shape index (κ2) is 8.10. The van der Waals surface area contributed by atoms with Crippen molar-refractivity contribution in [2.75, 3.05) is 5.32 Å². The van der Waals surface area contributed by atoms with E-state index in [-0.39, 0.29) is 11.5 Å². The Bertz CT molecular complexity index is 1290. The van der Waals surface area contributed by atoms with Gasteiger partial charge in [0.05, 0.1) is 16.6 Å². The highest BCUT2D eigenvalue weighted by atomic mass is 35.5. The SMILES string of the molecule is Cc1ccc(N=C=Nn2c(Nc3ccc(Cl)cc3)nc3ccccc3c2=O)cc1. The van der Waals surface area contributed by atoms with E-state index in [1.165, 1.54) is 0 Å². The molecule has 0 aliphatic rings. The van der Waals surface area contributed by atoms with Crippen molar-refractivity contribution in [2.45, 2.75) is 6.92 Å². The summed E-state index contributed by atoms with van der Waals surface area (Å²) in [7, 11) is 0. The Hall–Kier alpha value is -3.73. The average Bonchev–Trinajstić information content (AvgIpc) is 2.73. The molecule has 4 rings (SSSR count). The number of nitrogens with zero attached hydrogens (tertiary/aromatic N) is 4. The highest BCUT2D eigenvalue weighted by molar-refractivity contribution is 6.30. The normalized spacial score (nSPS) is 10.4. The third-order valence-electron chi connectivity index (χ3n) is 4.21. The predicted octanol–water partition coefficient (Wildman–Crippen LogP) is 5.37. The molecule has 0 spiro atoms. The number of rotatable bonds is 4. The van der Waals surface area contributed by atoms with Gasteiger partial charge in [0.25, 0.3) is 5.56 Å². The molecular formula is C22H16ClN5O. The Kier molecular flexibility index (Phi) is 5.20. The minimum atomic E-state index is -0.321. The van der Waals surface area contributed by atoms with E-state index < -0.39 is 0 Å². The van der Waals surface area contributed by atoms with Crippen molar-refractivity contribution in [3.05, 3.63) is 93.7 Å². The van der Waals surface area contributed by atoms with Crippen LogP contribution < -0.4 is 10.9 Å². The van der Waals surface area contributed by atoms with Crippen LogP contribution in [0.3, 0.4) is 0 Å². The monoisotopic (exact) mass is 401 g/mol. The molecule has 1 heterocycles. The van der Waals surface area contributed by atoms with Gasteiger partial charge in [0.15, 0.2) is 0 Å². The quantitative estimate of drug-likeness (QED) is 0.467. The molecule has 0 radical (unpaired) electrons. The molecule has 1 N–H and O–H groups in total. The fourth-order valence-electron chi connectivity index (χ4n) is 2.70. The van der Waals surface area contributed by atoms with Crippen LogP contribution in [0.15, 0.2) is 87.7 Å². The fraction of sp³-hybridized carbons (Fsp3) is 0.0455. The molecule has 0 amide bonds. The maximum atomic E-state index is 13.0. The summed E-state index contributed by atoms with van der Waals surface area (Å²) in [5.41, 5.74) is 2.78. The zero-order chi connectivity index (χ0) is 20.2. The summed E-state index contributed by atoms with van der Waals surface area (Å²) >= 11 is 5.95. The van der Waals surface area contributed by atoms with Gasteiger partial charge in [0, 0.05) is 10.7 Å². The zero-order valence-electron chi connectivity index (χ0n) is 15.5. The number of aliphatic imine (C=N–C) groups is 1. The number of anilines is 2. The van der Waals surface area contributed by atoms with Gasteiger partial charge in [0.1, 0.15) is 6.01 Å². The lowest BCUT2D eigenvalue weighted by Crippen LogP contribution is -2.20. The molecule has 0 fully saturated rings. The van der Waals surface area contributed by atoms with Gasteiger partial charge in [-0.1, -0.05) is 46.5 Å². The minimum absolute atomic E-state index is 0.252. The first kappa shape index (κ1) is 18.6. The molecule has 7 heteroatoms. The Morgan fingerprint density at radius 2 is 1.72 bits per heavy atom. The summed E-state index contributed by atoms with van der Waals surface area (Å²) in [6, 6.07) is 24.3. The zero-order valence-corrected chi connectivity index (χ0v) is 16.3. The number of para-hydroxylation sites is 1. The van der Waals surface area contributed by atoms with E-state index in [9.17, 15) is 4.79 Å². The first-order chi connectivity index (χ1) is 14.1. The molecule has 0 saturated heterocycles. The Labute approximate surface area is 171 Å². The van der Waals surface area contributed by atoms with Gasteiger partial charge in [-0.3, -0.25) is 4.79 Å². The second-order valence-corrected chi connectivity index (χ2v) is 6.79. The molecule has 0 saturated carbocycles. The molecule has 6 nitrogen and oxygen atoms in total. The topological polar surface area (TPSA) is 71.6 Å². The maximum absolute atomic E-state index is 13.0. The third kappa shape index (κ3) is 4.24. The lowest BCUT2D eigenvalue weighted by atomic mass is 10.2. The van der Waals surface area contributed by atoms with Crippen LogP contribution in [0.5, 0.6) is 0 Å². The third-order valence-corrected chi connectivity index (χ3v) is 4.46. The van der Waals surface area contributed by atoms with Gasteiger partial charge in [-0.05, 0) is 55.5 Å². The van der Waals surface area contributed by atoms with Crippen LogP contribution >= 0.6 is 11.6 Å². The number of fused-ring (bicyclic) bond motifs is 1. The van der Waals surface area contributed by atoms with Crippen LogP contribution in [-0.4, -0.2) is 15.7 Å². The number of benzene rings is 3. The van der Waals surface area contributed by atoms with Crippen LogP contribution in [0.2, 0.25) is 5.02 Å². The Balaban J connectivity index is 1.80. The summed E-state index contributed by atoms with van der Waals surface area (Å²) in [5.74, 6) is 0.252. The molecule has 0 aliphatic heterocycles. The van der Waals surface area contributed by atoms with Crippen molar-refractivity contribution < 1.29 is 0 Å². The first-order valence-corrected chi connectivity index (χ1v) is 9.26. The van der Waals surface area contributed by atoms with Crippen molar-refractivity contribution >= 4 is 45.8 Å². The largest absolute Gasteiger partial charge is 0.324 e. The van der Waals surface area contributed by atoms with Gasteiger partial charge >= 0.3 is 0 Å². The van der Waals surface area contributed by atoms with Crippen molar-refractivity contribution in [2.24, 2.45) is 10.1 Å². The van der Waals surface area contributed by atoms with Crippen LogP contribution in [0.1, 0.15) is 5.56 Å². The highest BCUT2D eigenvalue weighted by Crippen LogP contribution is 2.19. The lowest BCUT2D eigenvalue weighted by Gasteiger charge is -2.10. The predicted molar refractivity (Wildman–Crippen MR) is 117 cm³/mol. The molecule has 142 valence electrons. The number of aryl methyl sites for hydroxylation is 1. The summed E-state index contributed by atoms with van der Waals surface area (Å²) in [6.45, 7) is 2.00. The molecular weight excluding hydrogens is 386 g/mol. The van der Waals surface area contributed by atoms with E-state index >= 15 is 0 Å². The second-order valence-electron chi connectivity index (χ2n) is 6.35. The van der Waals surface area contributed by atoms with Crippen molar-refractivity contribution in [3.8, 4) is 0 Å². The van der Waals surface area contributed by atoms with Crippen LogP contribution in [0.4, 0.5) is 17.3 Å². The van der Waals surface area contributed by atoms with Crippen molar-refractivity contribution in [1.82, 2.24) is 9.66 Å². The molecule has 29 heavy (non-hydrogen) atoms. The van der Waals surface area contributed by atoms with Crippen LogP contribution in [-0.2, 0) is 0 Å². The van der Waals surface area contributed by atoms with E-state index in [0.717, 1.165) is 15.9 Å². The molecule has 0 aliphatic carbocycles. The van der Waals surface area contributed by atoms with Gasteiger partial charge < -0.3 is 5.32 Å². The summed E-state index contributed by atoms with van der Waals surface area (Å²) in [5, 5.41) is 8.30. The molecule has 0 atom stereocenters. The standard InChI is InChI=1S/C22H16ClN5O/c1-15-6-10-17(11-7-15)24-14-25-28-21(29)19-4-2-3-5-20(19)27-22(28)26-18-12-8-16(23)9-13-18/h2-13H,1H3,(H,26,27). The average molecular weight is 402 g/mol. The maximum Gasteiger partial charge on any atom is 0.284 e. The number of halogens is 1. The summed E-state index contributed by atoms with van der Waals surface area (Å²) in [4.78, 5) is 21.7. The van der Waals surface area contributed by atoms with Gasteiger partial charge in [-0.2, -0.15) is 9.67 Å². The fourth-order valence-corrected chi connectivity index (χ4v) is 2.83. The van der Waals surface area contributed by atoms with Crippen molar-refractivity contribution in [3.63, 3.8) is 0 Å². The Morgan fingerprint density at radius 1 is 1.00 bits per heavy atom. The number of hydrogen-bond donors (Lipinski definition) is 1. The smallest absolute Gasteiger partial charge is 0.284 e. The molecule has 1 aromatic heterocycles. The lowest BCUT2D eigenvalue weighted by molar-refractivity contribution is 0.831. The van der Waals surface area contributed by atoms with E-state index in [0.29, 0.717) is 21.6 Å². The Morgan fingerprint density at radius 3 is 2.48 bits per heavy atom.